The predicted octanol–water partition coefficient (Wildman–Crippen LogP) is 7.49. The minimum atomic E-state index is 0.541. The molecule has 0 aromatic heterocycles. The van der Waals surface area contributed by atoms with Crippen LogP contribution in [0.4, 0.5) is 0 Å². The Morgan fingerprint density at radius 1 is 0.929 bits per heavy atom. The molecule has 0 N–H and O–H groups in total. The fraction of sp³-hybridized carbons (Fsp3) is 1.00. The van der Waals surface area contributed by atoms with Gasteiger partial charge in [0.2, 0.25) is 0 Å². The molecule has 10 atom stereocenters. The molecular weight excluding hydrogens is 340 g/mol. The van der Waals surface area contributed by atoms with E-state index in [1.54, 1.807) is 0 Å². The van der Waals surface area contributed by atoms with Gasteiger partial charge in [0.1, 0.15) is 0 Å². The molecule has 28 heavy (non-hydrogen) atoms. The summed E-state index contributed by atoms with van der Waals surface area (Å²) >= 11 is 0. The van der Waals surface area contributed by atoms with Gasteiger partial charge in [-0.15, -0.1) is 0 Å². The van der Waals surface area contributed by atoms with Crippen LogP contribution in [0.25, 0.3) is 0 Å². The van der Waals surface area contributed by atoms with Crippen LogP contribution < -0.4 is 0 Å². The van der Waals surface area contributed by atoms with Crippen molar-refractivity contribution < 1.29 is 4.74 Å². The third-order valence-electron chi connectivity index (χ3n) is 11.2. The lowest BCUT2D eigenvalue weighted by molar-refractivity contribution is -0.115. The summed E-state index contributed by atoms with van der Waals surface area (Å²) in [4.78, 5) is 0. The van der Waals surface area contributed by atoms with Crippen LogP contribution in [0.5, 0.6) is 0 Å². The molecule has 5 rings (SSSR count). The molecule has 0 bridgehead atoms. The molecule has 4 aliphatic carbocycles. The van der Waals surface area contributed by atoms with E-state index in [9.17, 15) is 0 Å². The zero-order valence-electron chi connectivity index (χ0n) is 19.4. The predicted molar refractivity (Wildman–Crippen MR) is 117 cm³/mol. The van der Waals surface area contributed by atoms with Crippen LogP contribution >= 0.6 is 0 Å². The highest BCUT2D eigenvalue weighted by atomic mass is 16.5. The van der Waals surface area contributed by atoms with Crippen LogP contribution in [0.3, 0.4) is 0 Å². The summed E-state index contributed by atoms with van der Waals surface area (Å²) in [6, 6.07) is 0. The zero-order valence-corrected chi connectivity index (χ0v) is 19.4. The number of ether oxygens (including phenoxy) is 1. The smallest absolute Gasteiger partial charge is 0.0618 e. The largest absolute Gasteiger partial charge is 0.374 e. The van der Waals surface area contributed by atoms with Crippen LogP contribution in [0.15, 0.2) is 0 Å². The molecule has 0 spiro atoms. The Labute approximate surface area is 174 Å². The summed E-state index contributed by atoms with van der Waals surface area (Å²) in [6.45, 7) is 12.7. The van der Waals surface area contributed by atoms with Crippen molar-refractivity contribution in [2.45, 2.75) is 117 Å². The summed E-state index contributed by atoms with van der Waals surface area (Å²) < 4.78 is 6.82. The first-order valence-electron chi connectivity index (χ1n) is 13.0. The number of hydrogen-bond donors (Lipinski definition) is 0. The lowest BCUT2D eigenvalue weighted by Gasteiger charge is -2.60. The molecule has 160 valence electrons. The molecule has 1 heteroatoms. The van der Waals surface area contributed by atoms with Crippen LogP contribution in [0.2, 0.25) is 0 Å². The van der Waals surface area contributed by atoms with Gasteiger partial charge in [0.15, 0.2) is 0 Å². The van der Waals surface area contributed by atoms with Crippen LogP contribution in [-0.2, 0) is 4.74 Å². The zero-order chi connectivity index (χ0) is 19.7. The molecule has 3 unspecified atom stereocenters. The van der Waals surface area contributed by atoms with Gasteiger partial charge in [-0.25, -0.2) is 0 Å². The van der Waals surface area contributed by atoms with Gasteiger partial charge in [0.25, 0.3) is 0 Å². The topological polar surface area (TPSA) is 9.23 Å². The Bertz CT molecular complexity index is 583. The second kappa shape index (κ2) is 7.00. The lowest BCUT2D eigenvalue weighted by Crippen LogP contribution is -2.53. The van der Waals surface area contributed by atoms with Crippen molar-refractivity contribution in [2.75, 3.05) is 0 Å². The van der Waals surface area contributed by atoms with E-state index in [4.69, 9.17) is 4.74 Å². The third kappa shape index (κ3) is 2.80. The lowest BCUT2D eigenvalue weighted by atomic mass is 9.44. The monoisotopic (exact) mass is 386 g/mol. The summed E-state index contributed by atoms with van der Waals surface area (Å²) in [5.74, 6) is 6.45. The van der Waals surface area contributed by atoms with Gasteiger partial charge in [-0.05, 0) is 110 Å². The maximum absolute atomic E-state index is 6.82. The third-order valence-corrected chi connectivity index (χ3v) is 11.2. The van der Waals surface area contributed by atoms with Gasteiger partial charge in [0.05, 0.1) is 12.2 Å². The van der Waals surface area contributed by atoms with E-state index < -0.39 is 0 Å². The Kier molecular flexibility index (Phi) is 4.97. The quantitative estimate of drug-likeness (QED) is 0.488. The van der Waals surface area contributed by atoms with Crippen molar-refractivity contribution in [3.8, 4) is 0 Å². The highest BCUT2D eigenvalue weighted by Crippen LogP contribution is 2.70. The molecule has 0 aromatic carbocycles. The fourth-order valence-corrected chi connectivity index (χ4v) is 9.81. The summed E-state index contributed by atoms with van der Waals surface area (Å²) in [7, 11) is 0. The Balaban J connectivity index is 1.35. The molecule has 1 heterocycles. The van der Waals surface area contributed by atoms with Crippen molar-refractivity contribution >= 4 is 0 Å². The second-order valence-corrected chi connectivity index (χ2v) is 12.8. The fourth-order valence-electron chi connectivity index (χ4n) is 9.81. The maximum Gasteiger partial charge on any atom is 0.0618 e. The van der Waals surface area contributed by atoms with E-state index in [1.165, 1.54) is 70.6 Å². The Hall–Kier alpha value is -0.0400. The van der Waals surface area contributed by atoms with Crippen LogP contribution in [0, 0.1) is 52.3 Å². The molecule has 5 fully saturated rings. The van der Waals surface area contributed by atoms with E-state index in [0.29, 0.717) is 23.0 Å². The van der Waals surface area contributed by atoms with E-state index in [0.717, 1.165) is 41.4 Å². The second-order valence-electron chi connectivity index (χ2n) is 12.8. The van der Waals surface area contributed by atoms with Gasteiger partial charge in [0, 0.05) is 0 Å². The SMILES string of the molecule is CC(C)CCC1O[C@H]2C[C@H]3[C@@H]4CC[C@@H]5CCCC[C@]5(C)[C@H]4CC[C@]3(C)C2C1C. The molecular formula is C27H46O. The van der Waals surface area contributed by atoms with E-state index in [-0.39, 0.29) is 0 Å². The van der Waals surface area contributed by atoms with Crippen molar-refractivity contribution in [3.63, 3.8) is 0 Å². The summed E-state index contributed by atoms with van der Waals surface area (Å²) in [5, 5.41) is 0. The highest BCUT2D eigenvalue weighted by molar-refractivity contribution is 5.13. The molecule has 1 aliphatic heterocycles. The van der Waals surface area contributed by atoms with Crippen molar-refractivity contribution in [2.24, 2.45) is 52.3 Å². The molecule has 1 nitrogen and oxygen atoms in total. The first-order valence-corrected chi connectivity index (χ1v) is 13.0. The minimum Gasteiger partial charge on any atom is -0.374 e. The van der Waals surface area contributed by atoms with Gasteiger partial charge in [-0.1, -0.05) is 47.5 Å². The normalized spacial score (nSPS) is 55.5. The molecule has 0 aromatic rings. The van der Waals surface area contributed by atoms with Crippen molar-refractivity contribution in [1.82, 2.24) is 0 Å². The van der Waals surface area contributed by atoms with Crippen molar-refractivity contribution in [3.05, 3.63) is 0 Å². The first-order chi connectivity index (χ1) is 13.3. The van der Waals surface area contributed by atoms with Crippen LogP contribution in [-0.4, -0.2) is 12.2 Å². The number of fused-ring (bicyclic) bond motifs is 7. The van der Waals surface area contributed by atoms with Gasteiger partial charge in [-0.3, -0.25) is 0 Å². The van der Waals surface area contributed by atoms with E-state index >= 15 is 0 Å². The molecule has 1 saturated heterocycles. The van der Waals surface area contributed by atoms with Crippen LogP contribution in [0.1, 0.15) is 105 Å². The summed E-state index contributed by atoms with van der Waals surface area (Å²) in [6.07, 6.45) is 17.3. The summed E-state index contributed by atoms with van der Waals surface area (Å²) in [5.41, 5.74) is 1.24. The highest BCUT2D eigenvalue weighted by Gasteiger charge is 2.65. The Morgan fingerprint density at radius 2 is 1.75 bits per heavy atom. The molecule has 0 amide bonds. The Morgan fingerprint density at radius 3 is 2.54 bits per heavy atom. The molecule has 5 aliphatic rings. The maximum atomic E-state index is 6.82. The van der Waals surface area contributed by atoms with Gasteiger partial charge < -0.3 is 4.74 Å². The number of rotatable bonds is 3. The first kappa shape index (κ1) is 19.9. The van der Waals surface area contributed by atoms with E-state index in [1.807, 2.05) is 0 Å². The molecule has 4 saturated carbocycles. The van der Waals surface area contributed by atoms with Gasteiger partial charge in [-0.2, -0.15) is 0 Å². The molecule has 0 radical (unpaired) electrons. The average molecular weight is 387 g/mol. The van der Waals surface area contributed by atoms with Crippen molar-refractivity contribution in [1.29, 1.82) is 0 Å². The minimum absolute atomic E-state index is 0.541. The number of hydrogen-bond acceptors (Lipinski definition) is 1. The van der Waals surface area contributed by atoms with E-state index in [2.05, 4.69) is 34.6 Å². The average Bonchev–Trinajstić information content (AvgIpc) is 3.13. The standard InChI is InChI=1S/C27H46O/c1-17(2)9-12-23-18(3)25-24(28-23)16-22-20-11-10-19-8-6-7-14-26(19,4)21(20)13-15-27(22,25)5/h17-25H,6-16H2,1-5H3/t18?,19-,20+,21-,22-,23?,24-,25?,26-,27-/m0/s1. The van der Waals surface area contributed by atoms with Gasteiger partial charge >= 0.3 is 0 Å².